The number of nitrogens with zero attached hydrogens (tertiary/aromatic N) is 2. The first-order valence-corrected chi connectivity index (χ1v) is 6.17. The lowest BCUT2D eigenvalue weighted by molar-refractivity contribution is 0.0971. The molecule has 0 saturated carbocycles. The van der Waals surface area contributed by atoms with Crippen LogP contribution in [0.15, 0.2) is 11.1 Å². The Bertz CT molecular complexity index is 489. The molecule has 0 amide bonds. The third kappa shape index (κ3) is 1.84. The molecule has 0 aromatic carbocycles. The Balaban J connectivity index is 2.48. The third-order valence-electron chi connectivity index (χ3n) is 2.26. The van der Waals surface area contributed by atoms with Gasteiger partial charge in [-0.15, -0.1) is 0 Å². The molecule has 15 heavy (non-hydrogen) atoms. The molecule has 0 spiro atoms. The fourth-order valence-electron chi connectivity index (χ4n) is 1.54. The van der Waals surface area contributed by atoms with E-state index in [1.807, 2.05) is 0 Å². The zero-order valence-electron chi connectivity index (χ0n) is 8.69. The zero-order valence-corrected chi connectivity index (χ0v) is 9.50. The van der Waals surface area contributed by atoms with E-state index in [0.717, 1.165) is 0 Å². The predicted molar refractivity (Wildman–Crippen MR) is 54.8 cm³/mol. The highest BCUT2D eigenvalue weighted by atomic mass is 32.2. The molecule has 84 valence electrons. The summed E-state index contributed by atoms with van der Waals surface area (Å²) in [4.78, 5) is 0.179. The Morgan fingerprint density at radius 1 is 1.73 bits per heavy atom. The minimum absolute atomic E-state index is 0.00616. The summed E-state index contributed by atoms with van der Waals surface area (Å²) in [6.45, 7) is 5.30. The Morgan fingerprint density at radius 2 is 2.40 bits per heavy atom. The molecule has 1 aromatic rings. The Hall–Kier alpha value is -1.08. The largest absolute Gasteiger partial charge is 0.476 e. The first-order chi connectivity index (χ1) is 6.80. The van der Waals surface area contributed by atoms with Gasteiger partial charge in [0.15, 0.2) is 0 Å². The number of fused-ring (bicyclic) bond motifs is 1. The van der Waals surface area contributed by atoms with Crippen molar-refractivity contribution in [3.05, 3.63) is 6.20 Å². The second-order valence-electron chi connectivity index (χ2n) is 4.53. The number of hydrogen-bond donors (Lipinski definition) is 2. The lowest BCUT2D eigenvalue weighted by Crippen LogP contribution is -2.33. The summed E-state index contributed by atoms with van der Waals surface area (Å²) >= 11 is 0. The smallest absolute Gasteiger partial charge is 0.230 e. The molecule has 0 saturated heterocycles. The molecule has 2 heterocycles. The number of rotatable bonds is 1. The van der Waals surface area contributed by atoms with E-state index in [-0.39, 0.29) is 10.3 Å². The quantitative estimate of drug-likeness (QED) is 0.739. The van der Waals surface area contributed by atoms with Crippen molar-refractivity contribution in [1.29, 1.82) is 4.78 Å². The lowest BCUT2D eigenvalue weighted by Gasteiger charge is -2.30. The van der Waals surface area contributed by atoms with E-state index in [4.69, 9.17) is 14.7 Å². The topological polar surface area (TPSA) is 94.0 Å². The van der Waals surface area contributed by atoms with Crippen LogP contribution in [0.25, 0.3) is 0 Å². The van der Waals surface area contributed by atoms with E-state index >= 15 is 0 Å². The number of aromatic nitrogens is 2. The second kappa shape index (κ2) is 2.96. The van der Waals surface area contributed by atoms with E-state index in [9.17, 15) is 4.21 Å². The van der Waals surface area contributed by atoms with Crippen LogP contribution in [0.3, 0.4) is 0 Å². The minimum atomic E-state index is -3.25. The molecule has 0 fully saturated rings. The summed E-state index contributed by atoms with van der Waals surface area (Å²) in [6.07, 6.45) is 1.35. The lowest BCUT2D eigenvalue weighted by atomic mass is 9.94. The van der Waals surface area contributed by atoms with Crippen LogP contribution < -0.4 is 9.88 Å². The summed E-state index contributed by atoms with van der Waals surface area (Å²) in [7, 11) is -3.25. The van der Waals surface area contributed by atoms with Gasteiger partial charge in [-0.1, -0.05) is 13.8 Å². The molecule has 3 N–H and O–H groups in total. The minimum Gasteiger partial charge on any atom is -0.476 e. The van der Waals surface area contributed by atoms with Crippen molar-refractivity contribution in [2.75, 3.05) is 6.61 Å². The standard InChI is InChI=1S/C8H14N4O2S/c1-8(2)4-12-7(14-5-8)6(3-11-12)15(9,10)13/h3H,4-5H2,1-2H3,(H3,9,10,13). The van der Waals surface area contributed by atoms with Crippen molar-refractivity contribution in [1.82, 2.24) is 9.78 Å². The molecule has 0 bridgehead atoms. The van der Waals surface area contributed by atoms with Gasteiger partial charge in [0.25, 0.3) is 0 Å². The van der Waals surface area contributed by atoms with Crippen LogP contribution in [-0.4, -0.2) is 20.6 Å². The van der Waals surface area contributed by atoms with Gasteiger partial charge in [0.1, 0.15) is 14.8 Å². The van der Waals surface area contributed by atoms with Crippen molar-refractivity contribution in [3.8, 4) is 5.88 Å². The summed E-state index contributed by atoms with van der Waals surface area (Å²) in [6, 6.07) is 0. The molecule has 0 radical (unpaired) electrons. The van der Waals surface area contributed by atoms with Crippen LogP contribution in [0.4, 0.5) is 0 Å². The second-order valence-corrected chi connectivity index (χ2v) is 6.17. The van der Waals surface area contributed by atoms with E-state index in [0.29, 0.717) is 19.0 Å². The van der Waals surface area contributed by atoms with Crippen molar-refractivity contribution in [2.45, 2.75) is 25.3 Å². The van der Waals surface area contributed by atoms with E-state index in [1.54, 1.807) is 4.68 Å². The van der Waals surface area contributed by atoms with Crippen molar-refractivity contribution in [2.24, 2.45) is 10.6 Å². The molecule has 1 aliphatic rings. The molecule has 1 aromatic heterocycles. The number of nitrogens with one attached hydrogen (secondary N) is 1. The van der Waals surface area contributed by atoms with E-state index in [2.05, 4.69) is 18.9 Å². The maximum Gasteiger partial charge on any atom is 0.230 e. The summed E-state index contributed by atoms with van der Waals surface area (Å²) in [5.74, 6) is 0.372. The fourth-order valence-corrected chi connectivity index (χ4v) is 2.17. The van der Waals surface area contributed by atoms with E-state index in [1.165, 1.54) is 6.20 Å². The average molecular weight is 230 g/mol. The summed E-state index contributed by atoms with van der Waals surface area (Å²) < 4.78 is 25.8. The maximum atomic E-state index is 11.4. The molecule has 6 nitrogen and oxygen atoms in total. The SMILES string of the molecule is CC1(C)COc2c(S(=N)(N)=O)cnn2C1. The molecular formula is C8H14N4O2S. The number of hydrogen-bond acceptors (Lipinski definition) is 4. The molecule has 2 rings (SSSR count). The van der Waals surface area contributed by atoms with Crippen molar-refractivity contribution >= 4 is 9.92 Å². The van der Waals surface area contributed by atoms with Gasteiger partial charge in [-0.25, -0.2) is 18.8 Å². The van der Waals surface area contributed by atoms with Crippen molar-refractivity contribution < 1.29 is 8.95 Å². The Kier molecular flexibility index (Phi) is 2.06. The van der Waals surface area contributed by atoms with E-state index < -0.39 is 9.92 Å². The number of nitrogens with two attached hydrogens (primary N) is 1. The van der Waals surface area contributed by atoms with Gasteiger partial charge in [0.05, 0.1) is 19.3 Å². The molecule has 1 unspecified atom stereocenters. The summed E-state index contributed by atoms with van der Waals surface area (Å²) in [5.41, 5.74) is -0.00616. The van der Waals surface area contributed by atoms with Gasteiger partial charge in [-0.3, -0.25) is 0 Å². The Labute approximate surface area is 88.5 Å². The van der Waals surface area contributed by atoms with Crippen LogP contribution in [0.5, 0.6) is 5.88 Å². The molecule has 1 atom stereocenters. The molecule has 1 aliphatic heterocycles. The molecule has 7 heteroatoms. The van der Waals surface area contributed by atoms with Crippen LogP contribution in [0, 0.1) is 10.2 Å². The van der Waals surface area contributed by atoms with Crippen LogP contribution >= 0.6 is 0 Å². The van der Waals surface area contributed by atoms with Gasteiger partial charge in [-0.05, 0) is 0 Å². The monoisotopic (exact) mass is 230 g/mol. The average Bonchev–Trinajstić information content (AvgIpc) is 2.43. The Morgan fingerprint density at radius 3 is 3.00 bits per heavy atom. The van der Waals surface area contributed by atoms with Gasteiger partial charge in [0, 0.05) is 5.41 Å². The van der Waals surface area contributed by atoms with Gasteiger partial charge in [0.2, 0.25) is 5.88 Å². The normalized spacial score (nSPS) is 22.6. The highest BCUT2D eigenvalue weighted by Crippen LogP contribution is 2.32. The van der Waals surface area contributed by atoms with Crippen LogP contribution in [0.1, 0.15) is 13.8 Å². The fraction of sp³-hybridized carbons (Fsp3) is 0.625. The van der Waals surface area contributed by atoms with Gasteiger partial charge in [-0.2, -0.15) is 5.10 Å². The maximum absolute atomic E-state index is 11.4. The van der Waals surface area contributed by atoms with Crippen molar-refractivity contribution in [3.63, 3.8) is 0 Å². The predicted octanol–water partition coefficient (Wildman–Crippen LogP) is 0.581. The van der Waals surface area contributed by atoms with Gasteiger partial charge >= 0.3 is 0 Å². The molecular weight excluding hydrogens is 216 g/mol. The highest BCUT2D eigenvalue weighted by Gasteiger charge is 2.30. The highest BCUT2D eigenvalue weighted by molar-refractivity contribution is 7.90. The molecule has 0 aliphatic carbocycles. The zero-order chi connectivity index (χ0) is 11.3. The first-order valence-electron chi connectivity index (χ1n) is 4.55. The third-order valence-corrected chi connectivity index (χ3v) is 3.20. The summed E-state index contributed by atoms with van der Waals surface area (Å²) in [5, 5.41) is 9.29. The van der Waals surface area contributed by atoms with Crippen LogP contribution in [0.2, 0.25) is 0 Å². The first kappa shape index (κ1) is 10.4. The number of ether oxygens (including phenoxy) is 1. The van der Waals surface area contributed by atoms with Gasteiger partial charge < -0.3 is 4.74 Å². The van der Waals surface area contributed by atoms with Crippen LogP contribution in [-0.2, 0) is 16.5 Å².